The van der Waals surface area contributed by atoms with Crippen LogP contribution in [-0.2, 0) is 9.53 Å². The topological polar surface area (TPSA) is 142 Å². The standard InChI is InChI=1S/C27H28N6O5/c1-37-10-11-38-24-15-22-20(14-23(24)32-25(34)12-17-5-8-33(9-6-17)27(35)36)26(30-16-29-22)31-19-2-3-21-18(13-19)4-7-28-21/h2-4,7,12-16,28H,5-6,8-11H2,1H3,(H,32,34)(H,35,36)(H,29,30,31). The minimum atomic E-state index is -0.942. The number of carbonyl (C=O) groups excluding carboxylic acids is 1. The van der Waals surface area contributed by atoms with E-state index in [1.54, 1.807) is 19.2 Å². The number of benzene rings is 2. The molecule has 4 aromatic rings. The average molecular weight is 517 g/mol. The first-order valence-electron chi connectivity index (χ1n) is 12.2. The zero-order chi connectivity index (χ0) is 26.5. The predicted octanol–water partition coefficient (Wildman–Crippen LogP) is 4.52. The molecule has 0 aliphatic carbocycles. The van der Waals surface area contributed by atoms with Gasteiger partial charge in [0.1, 0.15) is 24.5 Å². The van der Waals surface area contributed by atoms with Gasteiger partial charge in [0.2, 0.25) is 5.91 Å². The number of ether oxygens (including phenoxy) is 2. The Bertz CT molecular complexity index is 1500. The third-order valence-electron chi connectivity index (χ3n) is 6.37. The summed E-state index contributed by atoms with van der Waals surface area (Å²) in [6, 6.07) is 11.5. The van der Waals surface area contributed by atoms with Crippen molar-refractivity contribution < 1.29 is 24.2 Å². The van der Waals surface area contributed by atoms with E-state index in [1.807, 2.05) is 30.5 Å². The molecule has 1 aliphatic rings. The molecular weight excluding hydrogens is 488 g/mol. The van der Waals surface area contributed by atoms with Gasteiger partial charge in [0.05, 0.1) is 17.8 Å². The number of amides is 2. The maximum Gasteiger partial charge on any atom is 0.407 e. The number of nitrogens with one attached hydrogen (secondary N) is 3. The van der Waals surface area contributed by atoms with Crippen molar-refractivity contribution in [2.24, 2.45) is 0 Å². The van der Waals surface area contributed by atoms with Crippen molar-refractivity contribution in [3.8, 4) is 5.75 Å². The minimum Gasteiger partial charge on any atom is -0.489 e. The fraction of sp³-hybridized carbons (Fsp3) is 0.259. The molecule has 3 heterocycles. The number of aromatic amines is 1. The molecule has 38 heavy (non-hydrogen) atoms. The van der Waals surface area contributed by atoms with Gasteiger partial charge in [0.15, 0.2) is 0 Å². The first-order valence-corrected chi connectivity index (χ1v) is 12.2. The summed E-state index contributed by atoms with van der Waals surface area (Å²) in [5, 5.41) is 17.2. The number of carbonyl (C=O) groups is 2. The van der Waals surface area contributed by atoms with E-state index in [-0.39, 0.29) is 5.91 Å². The predicted molar refractivity (Wildman–Crippen MR) is 144 cm³/mol. The number of nitrogens with zero attached hydrogens (tertiary/aromatic N) is 3. The molecule has 0 saturated carbocycles. The molecular formula is C27H28N6O5. The molecule has 5 rings (SSSR count). The quantitative estimate of drug-likeness (QED) is 0.198. The second kappa shape index (κ2) is 11.2. The van der Waals surface area contributed by atoms with Crippen LogP contribution >= 0.6 is 0 Å². The Kier molecular flexibility index (Phi) is 7.36. The van der Waals surface area contributed by atoms with Crippen molar-refractivity contribution in [2.45, 2.75) is 12.8 Å². The smallest absolute Gasteiger partial charge is 0.407 e. The number of H-pyrrole nitrogens is 1. The third kappa shape index (κ3) is 5.68. The number of piperidine rings is 1. The van der Waals surface area contributed by atoms with Crippen LogP contribution in [0.5, 0.6) is 5.75 Å². The molecule has 1 aliphatic heterocycles. The number of hydrogen-bond donors (Lipinski definition) is 4. The summed E-state index contributed by atoms with van der Waals surface area (Å²) in [6.07, 6.45) is 4.99. The second-order valence-electron chi connectivity index (χ2n) is 8.90. The molecule has 11 heteroatoms. The lowest BCUT2D eigenvalue weighted by molar-refractivity contribution is -0.112. The highest BCUT2D eigenvalue weighted by Gasteiger charge is 2.19. The van der Waals surface area contributed by atoms with Crippen molar-refractivity contribution in [1.82, 2.24) is 19.9 Å². The number of carboxylic acid groups (broad SMARTS) is 1. The molecule has 2 aromatic carbocycles. The van der Waals surface area contributed by atoms with Crippen molar-refractivity contribution >= 4 is 51.0 Å². The Labute approximate surface area is 218 Å². The Balaban J connectivity index is 1.42. The van der Waals surface area contributed by atoms with Crippen LogP contribution in [0.15, 0.2) is 60.6 Å². The van der Waals surface area contributed by atoms with Crippen LogP contribution in [0.3, 0.4) is 0 Å². The van der Waals surface area contributed by atoms with E-state index in [9.17, 15) is 9.59 Å². The van der Waals surface area contributed by atoms with Gasteiger partial charge in [-0.1, -0.05) is 5.57 Å². The number of aromatic nitrogens is 3. The summed E-state index contributed by atoms with van der Waals surface area (Å²) < 4.78 is 11.0. The first kappa shape index (κ1) is 25.0. The van der Waals surface area contributed by atoms with Crippen LogP contribution in [-0.4, -0.2) is 70.4 Å². The van der Waals surface area contributed by atoms with E-state index in [0.717, 1.165) is 22.2 Å². The third-order valence-corrected chi connectivity index (χ3v) is 6.37. The van der Waals surface area contributed by atoms with Gasteiger partial charge in [-0.15, -0.1) is 0 Å². The summed E-state index contributed by atoms with van der Waals surface area (Å²) in [7, 11) is 1.59. The Morgan fingerprint density at radius 2 is 1.97 bits per heavy atom. The number of rotatable bonds is 8. The second-order valence-corrected chi connectivity index (χ2v) is 8.90. The fourth-order valence-electron chi connectivity index (χ4n) is 4.39. The molecule has 2 aromatic heterocycles. The van der Waals surface area contributed by atoms with Crippen molar-refractivity contribution in [3.05, 3.63) is 60.6 Å². The van der Waals surface area contributed by atoms with Gasteiger partial charge in [-0.3, -0.25) is 4.79 Å². The molecule has 1 saturated heterocycles. The Morgan fingerprint density at radius 3 is 2.76 bits per heavy atom. The highest BCUT2D eigenvalue weighted by atomic mass is 16.5. The van der Waals surface area contributed by atoms with Crippen LogP contribution in [0.1, 0.15) is 12.8 Å². The van der Waals surface area contributed by atoms with Crippen molar-refractivity contribution in [3.63, 3.8) is 0 Å². The van der Waals surface area contributed by atoms with Gasteiger partial charge in [-0.25, -0.2) is 14.8 Å². The highest BCUT2D eigenvalue weighted by Crippen LogP contribution is 2.34. The largest absolute Gasteiger partial charge is 0.489 e. The fourth-order valence-corrected chi connectivity index (χ4v) is 4.39. The summed E-state index contributed by atoms with van der Waals surface area (Å²) in [4.78, 5) is 37.5. The lowest BCUT2D eigenvalue weighted by Crippen LogP contribution is -2.35. The normalized spacial score (nSPS) is 13.5. The van der Waals surface area contributed by atoms with Crippen molar-refractivity contribution in [1.29, 1.82) is 0 Å². The van der Waals surface area contributed by atoms with Gasteiger partial charge in [0.25, 0.3) is 0 Å². The molecule has 196 valence electrons. The monoisotopic (exact) mass is 516 g/mol. The molecule has 0 bridgehead atoms. The maximum absolute atomic E-state index is 12.9. The van der Waals surface area contributed by atoms with E-state index in [1.165, 1.54) is 17.3 Å². The highest BCUT2D eigenvalue weighted by molar-refractivity contribution is 6.04. The van der Waals surface area contributed by atoms with Gasteiger partial charge in [-0.2, -0.15) is 0 Å². The summed E-state index contributed by atoms with van der Waals surface area (Å²) in [5.74, 6) is 0.729. The van der Waals surface area contributed by atoms with E-state index in [2.05, 4.69) is 25.6 Å². The zero-order valence-electron chi connectivity index (χ0n) is 20.9. The number of anilines is 3. The zero-order valence-corrected chi connectivity index (χ0v) is 20.9. The number of likely N-dealkylation sites (tertiary alicyclic amines) is 1. The average Bonchev–Trinajstić information content (AvgIpc) is 3.38. The van der Waals surface area contributed by atoms with E-state index in [4.69, 9.17) is 14.6 Å². The van der Waals surface area contributed by atoms with E-state index in [0.29, 0.717) is 67.3 Å². The first-order chi connectivity index (χ1) is 18.5. The van der Waals surface area contributed by atoms with Crippen LogP contribution in [0.4, 0.5) is 22.0 Å². The number of fused-ring (bicyclic) bond motifs is 2. The Hall–Kier alpha value is -4.64. The summed E-state index contributed by atoms with van der Waals surface area (Å²) in [6.45, 7) is 1.42. The van der Waals surface area contributed by atoms with E-state index >= 15 is 0 Å². The molecule has 0 atom stereocenters. The van der Waals surface area contributed by atoms with Gasteiger partial charge in [0, 0.05) is 60.5 Å². The van der Waals surface area contributed by atoms with Crippen molar-refractivity contribution in [2.75, 3.05) is 44.0 Å². The summed E-state index contributed by atoms with van der Waals surface area (Å²) >= 11 is 0. The molecule has 11 nitrogen and oxygen atoms in total. The van der Waals surface area contributed by atoms with Gasteiger partial charge in [-0.05, 0) is 43.2 Å². The van der Waals surface area contributed by atoms with Gasteiger partial charge >= 0.3 is 6.09 Å². The van der Waals surface area contributed by atoms with E-state index < -0.39 is 6.09 Å². The lowest BCUT2D eigenvalue weighted by atomic mass is 10.0. The Morgan fingerprint density at radius 1 is 1.13 bits per heavy atom. The van der Waals surface area contributed by atoms with Crippen LogP contribution < -0.4 is 15.4 Å². The molecule has 0 spiro atoms. The SMILES string of the molecule is COCCOc1cc2ncnc(Nc3ccc4[nH]ccc4c3)c2cc1NC(=O)C=C1CCN(C(=O)O)CC1. The summed E-state index contributed by atoms with van der Waals surface area (Å²) in [5.41, 5.74) is 3.91. The van der Waals surface area contributed by atoms with Crippen LogP contribution in [0.2, 0.25) is 0 Å². The lowest BCUT2D eigenvalue weighted by Gasteiger charge is -2.25. The molecule has 1 fully saturated rings. The van der Waals surface area contributed by atoms with Crippen LogP contribution in [0.25, 0.3) is 21.8 Å². The molecule has 4 N–H and O–H groups in total. The van der Waals surface area contributed by atoms with Gasteiger partial charge < -0.3 is 35.1 Å². The molecule has 0 radical (unpaired) electrons. The molecule has 2 amide bonds. The number of hydrogen-bond acceptors (Lipinski definition) is 7. The van der Waals surface area contributed by atoms with Crippen LogP contribution in [0, 0.1) is 0 Å². The maximum atomic E-state index is 12.9. The number of methoxy groups -OCH3 is 1. The molecule has 0 unspecified atom stereocenters. The minimum absolute atomic E-state index is 0.295.